The molecular weight excluding hydrogens is 248 g/mol. The second-order valence-electron chi connectivity index (χ2n) is 6.22. The lowest BCUT2D eigenvalue weighted by Crippen LogP contribution is -2.49. The zero-order valence-electron chi connectivity index (χ0n) is 13.1. The van der Waals surface area contributed by atoms with Gasteiger partial charge in [-0.2, -0.15) is 0 Å². The van der Waals surface area contributed by atoms with E-state index in [9.17, 15) is 0 Å². The maximum Gasteiger partial charge on any atom is 0.205 e. The number of nitrogens with one attached hydrogen (secondary N) is 1. The molecule has 0 saturated carbocycles. The van der Waals surface area contributed by atoms with Crippen LogP contribution >= 0.6 is 0 Å². The van der Waals surface area contributed by atoms with Crippen molar-refractivity contribution in [2.75, 3.05) is 11.4 Å². The Hall–Kier alpha value is -1.03. The third-order valence-electron chi connectivity index (χ3n) is 4.99. The summed E-state index contributed by atoms with van der Waals surface area (Å²) in [6.07, 6.45) is 8.54. The Kier molecular flexibility index (Phi) is 4.01. The lowest BCUT2D eigenvalue weighted by molar-refractivity contribution is 0.345. The smallest absolute Gasteiger partial charge is 0.205 e. The van der Waals surface area contributed by atoms with Crippen molar-refractivity contribution in [2.24, 2.45) is 0 Å². The second-order valence-corrected chi connectivity index (χ2v) is 6.22. The van der Waals surface area contributed by atoms with Crippen LogP contribution < -0.4 is 10.2 Å². The van der Waals surface area contributed by atoms with Gasteiger partial charge < -0.3 is 14.8 Å². The number of nitrogens with zero attached hydrogens (tertiary/aromatic N) is 3. The summed E-state index contributed by atoms with van der Waals surface area (Å²) in [5, 5.41) is 3.74. The maximum absolute atomic E-state index is 4.88. The van der Waals surface area contributed by atoms with Crippen molar-refractivity contribution < 1.29 is 0 Å². The number of aryl methyl sites for hydroxylation is 2. The Balaban J connectivity index is 1.83. The molecule has 20 heavy (non-hydrogen) atoms. The van der Waals surface area contributed by atoms with Crippen molar-refractivity contribution in [1.29, 1.82) is 0 Å². The van der Waals surface area contributed by atoms with Gasteiger partial charge in [-0.1, -0.05) is 6.92 Å². The van der Waals surface area contributed by atoms with E-state index < -0.39 is 0 Å². The van der Waals surface area contributed by atoms with Crippen LogP contribution in [0, 0.1) is 0 Å². The molecule has 2 aliphatic rings. The molecule has 2 aliphatic heterocycles. The van der Waals surface area contributed by atoms with Crippen molar-refractivity contribution in [3.8, 4) is 0 Å². The van der Waals surface area contributed by atoms with Crippen LogP contribution in [0.15, 0.2) is 6.20 Å². The van der Waals surface area contributed by atoms with Gasteiger partial charge in [0, 0.05) is 37.4 Å². The first-order valence-electron chi connectivity index (χ1n) is 8.33. The molecule has 0 radical (unpaired) electrons. The van der Waals surface area contributed by atoms with E-state index >= 15 is 0 Å². The van der Waals surface area contributed by atoms with E-state index in [4.69, 9.17) is 4.98 Å². The minimum Gasteiger partial charge on any atom is -0.339 e. The minimum absolute atomic E-state index is 0.663. The minimum atomic E-state index is 0.663. The third-order valence-corrected chi connectivity index (χ3v) is 4.99. The molecule has 2 atom stereocenters. The molecule has 2 saturated heterocycles. The standard InChI is InChI=1S/C16H28N4/c1-4-12-11-19(5-2)16(18-12)20(6-3)15-9-13-7-8-14(10-15)17-13/h11,13-15,17H,4-10H2,1-3H3. The predicted molar refractivity (Wildman–Crippen MR) is 83.3 cm³/mol. The molecule has 0 spiro atoms. The molecule has 0 aromatic carbocycles. The molecule has 1 aromatic heterocycles. The highest BCUT2D eigenvalue weighted by molar-refractivity contribution is 5.36. The fourth-order valence-electron chi connectivity index (χ4n) is 3.94. The van der Waals surface area contributed by atoms with Gasteiger partial charge in [-0.15, -0.1) is 0 Å². The van der Waals surface area contributed by atoms with Crippen LogP contribution in [0.5, 0.6) is 0 Å². The number of piperidine rings is 1. The first-order valence-corrected chi connectivity index (χ1v) is 8.33. The van der Waals surface area contributed by atoms with E-state index in [1.54, 1.807) is 0 Å². The van der Waals surface area contributed by atoms with E-state index in [2.05, 4.69) is 41.8 Å². The second kappa shape index (κ2) is 5.76. The topological polar surface area (TPSA) is 33.1 Å². The van der Waals surface area contributed by atoms with Gasteiger partial charge in [-0.05, 0) is 46.0 Å². The van der Waals surface area contributed by atoms with E-state index in [1.165, 1.54) is 37.3 Å². The maximum atomic E-state index is 4.88. The van der Waals surface area contributed by atoms with Crippen LogP contribution in [0.25, 0.3) is 0 Å². The summed E-state index contributed by atoms with van der Waals surface area (Å²) in [5.41, 5.74) is 1.22. The highest BCUT2D eigenvalue weighted by Gasteiger charge is 2.36. The summed E-state index contributed by atoms with van der Waals surface area (Å²) in [4.78, 5) is 7.44. The summed E-state index contributed by atoms with van der Waals surface area (Å²) in [6, 6.07) is 2.14. The molecule has 2 unspecified atom stereocenters. The van der Waals surface area contributed by atoms with Crippen LogP contribution in [0.4, 0.5) is 5.95 Å². The Morgan fingerprint density at radius 3 is 2.50 bits per heavy atom. The van der Waals surface area contributed by atoms with Crippen molar-refractivity contribution in [3.63, 3.8) is 0 Å². The lowest BCUT2D eigenvalue weighted by atomic mass is 9.98. The molecule has 0 amide bonds. The Bertz CT molecular complexity index is 441. The summed E-state index contributed by atoms with van der Waals surface area (Å²) < 4.78 is 2.33. The molecule has 3 rings (SSSR count). The molecule has 0 aliphatic carbocycles. The summed E-state index contributed by atoms with van der Waals surface area (Å²) >= 11 is 0. The monoisotopic (exact) mass is 276 g/mol. The number of aromatic nitrogens is 2. The van der Waals surface area contributed by atoms with Crippen LogP contribution in [0.2, 0.25) is 0 Å². The zero-order valence-corrected chi connectivity index (χ0v) is 13.1. The molecule has 112 valence electrons. The molecular formula is C16H28N4. The van der Waals surface area contributed by atoms with Crippen LogP contribution in [0.3, 0.4) is 0 Å². The van der Waals surface area contributed by atoms with Gasteiger partial charge in [-0.25, -0.2) is 4.98 Å². The predicted octanol–water partition coefficient (Wildman–Crippen LogP) is 2.57. The fraction of sp³-hybridized carbons (Fsp3) is 0.812. The van der Waals surface area contributed by atoms with E-state index in [-0.39, 0.29) is 0 Å². The van der Waals surface area contributed by atoms with Gasteiger partial charge in [0.1, 0.15) is 0 Å². The van der Waals surface area contributed by atoms with Crippen molar-refractivity contribution in [3.05, 3.63) is 11.9 Å². The lowest BCUT2D eigenvalue weighted by Gasteiger charge is -2.38. The molecule has 2 bridgehead atoms. The summed E-state index contributed by atoms with van der Waals surface area (Å²) in [7, 11) is 0. The largest absolute Gasteiger partial charge is 0.339 e. The normalized spacial score (nSPS) is 28.9. The Labute approximate surface area is 122 Å². The zero-order chi connectivity index (χ0) is 14.1. The van der Waals surface area contributed by atoms with E-state index in [1.807, 2.05) is 0 Å². The van der Waals surface area contributed by atoms with Gasteiger partial charge in [0.2, 0.25) is 5.95 Å². The highest BCUT2D eigenvalue weighted by atomic mass is 15.3. The molecule has 4 nitrogen and oxygen atoms in total. The summed E-state index contributed by atoms with van der Waals surface area (Å²) in [5.74, 6) is 1.19. The van der Waals surface area contributed by atoms with Crippen LogP contribution in [-0.4, -0.2) is 34.2 Å². The van der Waals surface area contributed by atoms with Crippen molar-refractivity contribution in [1.82, 2.24) is 14.9 Å². The van der Waals surface area contributed by atoms with E-state index in [0.717, 1.165) is 31.6 Å². The molecule has 1 N–H and O–H groups in total. The number of imidazole rings is 1. The van der Waals surface area contributed by atoms with Gasteiger partial charge in [0.25, 0.3) is 0 Å². The molecule has 3 heterocycles. The van der Waals surface area contributed by atoms with Gasteiger partial charge in [-0.3, -0.25) is 0 Å². The van der Waals surface area contributed by atoms with Crippen LogP contribution in [-0.2, 0) is 13.0 Å². The van der Waals surface area contributed by atoms with E-state index in [0.29, 0.717) is 6.04 Å². The quantitative estimate of drug-likeness (QED) is 0.897. The Morgan fingerprint density at radius 2 is 1.95 bits per heavy atom. The summed E-state index contributed by atoms with van der Waals surface area (Å²) in [6.45, 7) is 8.74. The number of rotatable bonds is 5. The average molecular weight is 276 g/mol. The number of fused-ring (bicyclic) bond motifs is 2. The van der Waals surface area contributed by atoms with Crippen molar-refractivity contribution in [2.45, 2.75) is 77.5 Å². The van der Waals surface area contributed by atoms with Gasteiger partial charge >= 0.3 is 0 Å². The Morgan fingerprint density at radius 1 is 1.25 bits per heavy atom. The first kappa shape index (κ1) is 13.9. The number of anilines is 1. The fourth-order valence-corrected chi connectivity index (χ4v) is 3.94. The molecule has 4 heteroatoms. The molecule has 2 fully saturated rings. The SMILES string of the molecule is CCc1cn(CC)c(N(CC)C2CC3CCC(C2)N3)n1. The number of hydrogen-bond acceptors (Lipinski definition) is 3. The van der Waals surface area contributed by atoms with Crippen LogP contribution in [0.1, 0.15) is 52.1 Å². The van der Waals surface area contributed by atoms with Gasteiger partial charge in [0.05, 0.1) is 5.69 Å². The average Bonchev–Trinajstić information content (AvgIpc) is 3.03. The van der Waals surface area contributed by atoms with Crippen molar-refractivity contribution >= 4 is 5.95 Å². The highest BCUT2D eigenvalue weighted by Crippen LogP contribution is 2.32. The van der Waals surface area contributed by atoms with Gasteiger partial charge in [0.15, 0.2) is 0 Å². The number of hydrogen-bond donors (Lipinski definition) is 1. The third kappa shape index (κ3) is 2.46. The molecule has 1 aromatic rings. The first-order chi connectivity index (χ1) is 9.75.